The minimum atomic E-state index is -0.481. The lowest BCUT2D eigenvalue weighted by atomic mass is 10.2. The molecule has 0 aliphatic carbocycles. The summed E-state index contributed by atoms with van der Waals surface area (Å²) in [6, 6.07) is 0. The largest absolute Gasteiger partial charge is 0.355 e. The molecule has 0 bridgehead atoms. The van der Waals surface area contributed by atoms with Crippen LogP contribution in [0.15, 0.2) is 6.20 Å². The van der Waals surface area contributed by atoms with Gasteiger partial charge in [-0.2, -0.15) is 0 Å². The minimum Gasteiger partial charge on any atom is -0.355 e. The Bertz CT molecular complexity index is 491. The molecule has 0 radical (unpaired) electrons. The molecule has 6 nitrogen and oxygen atoms in total. The molecule has 1 aromatic heterocycles. The zero-order valence-corrected chi connectivity index (χ0v) is 12.6. The quantitative estimate of drug-likeness (QED) is 0.834. The number of nitrogens with one attached hydrogen (secondary N) is 2. The molecule has 0 saturated heterocycles. The van der Waals surface area contributed by atoms with Crippen LogP contribution >= 0.6 is 11.6 Å². The van der Waals surface area contributed by atoms with Crippen LogP contribution in [0.2, 0.25) is 5.02 Å². The summed E-state index contributed by atoms with van der Waals surface area (Å²) >= 11 is 5.91. The Kier molecular flexibility index (Phi) is 6.38. The normalized spacial score (nSPS) is 10.4. The SMILES string of the molecule is CCCNC(=O)CNC(=O)c1nc(C(C)C)ncc1Cl. The maximum absolute atomic E-state index is 12.0. The second kappa shape index (κ2) is 7.79. The molecule has 0 fully saturated rings. The number of hydrogen-bond acceptors (Lipinski definition) is 4. The van der Waals surface area contributed by atoms with Gasteiger partial charge in [0.2, 0.25) is 5.91 Å². The van der Waals surface area contributed by atoms with Crippen LogP contribution in [0.1, 0.15) is 49.4 Å². The van der Waals surface area contributed by atoms with Crippen molar-refractivity contribution in [1.82, 2.24) is 20.6 Å². The van der Waals surface area contributed by atoms with Gasteiger partial charge in [0, 0.05) is 12.5 Å². The van der Waals surface area contributed by atoms with Crippen molar-refractivity contribution in [3.8, 4) is 0 Å². The van der Waals surface area contributed by atoms with Crippen molar-refractivity contribution in [3.05, 3.63) is 22.7 Å². The number of carbonyl (C=O) groups excluding carboxylic acids is 2. The molecule has 0 aliphatic heterocycles. The van der Waals surface area contributed by atoms with Gasteiger partial charge in [-0.3, -0.25) is 9.59 Å². The molecule has 0 spiro atoms. The lowest BCUT2D eigenvalue weighted by Crippen LogP contribution is -2.37. The lowest BCUT2D eigenvalue weighted by molar-refractivity contribution is -0.120. The van der Waals surface area contributed by atoms with Crippen LogP contribution in [0.25, 0.3) is 0 Å². The fraction of sp³-hybridized carbons (Fsp3) is 0.538. The van der Waals surface area contributed by atoms with E-state index in [1.165, 1.54) is 6.20 Å². The van der Waals surface area contributed by atoms with Gasteiger partial charge in [-0.05, 0) is 6.42 Å². The Labute approximate surface area is 123 Å². The van der Waals surface area contributed by atoms with Crippen molar-refractivity contribution >= 4 is 23.4 Å². The molecule has 0 saturated carbocycles. The van der Waals surface area contributed by atoms with Crippen molar-refractivity contribution in [2.24, 2.45) is 0 Å². The van der Waals surface area contributed by atoms with Crippen LogP contribution < -0.4 is 10.6 Å². The van der Waals surface area contributed by atoms with Gasteiger partial charge in [-0.15, -0.1) is 0 Å². The first-order valence-electron chi connectivity index (χ1n) is 6.53. The third kappa shape index (κ3) is 4.77. The number of nitrogens with zero attached hydrogens (tertiary/aromatic N) is 2. The summed E-state index contributed by atoms with van der Waals surface area (Å²) in [6.07, 6.45) is 2.24. The van der Waals surface area contributed by atoms with Crippen molar-refractivity contribution in [2.45, 2.75) is 33.1 Å². The summed E-state index contributed by atoms with van der Waals surface area (Å²) in [5, 5.41) is 5.32. The summed E-state index contributed by atoms with van der Waals surface area (Å²) in [5.74, 6) is -0.0953. The number of halogens is 1. The van der Waals surface area contributed by atoms with Crippen LogP contribution in [0.5, 0.6) is 0 Å². The molecule has 0 aromatic carbocycles. The van der Waals surface area contributed by atoms with Crippen molar-refractivity contribution in [1.29, 1.82) is 0 Å². The summed E-state index contributed by atoms with van der Waals surface area (Å²) in [6.45, 7) is 6.27. The van der Waals surface area contributed by atoms with Crippen LogP contribution in [-0.4, -0.2) is 34.9 Å². The van der Waals surface area contributed by atoms with E-state index in [2.05, 4.69) is 20.6 Å². The second-order valence-corrected chi connectivity index (χ2v) is 5.02. The minimum absolute atomic E-state index is 0.0895. The van der Waals surface area contributed by atoms with E-state index in [0.29, 0.717) is 12.4 Å². The Morgan fingerprint density at radius 2 is 2.05 bits per heavy atom. The van der Waals surface area contributed by atoms with Crippen molar-refractivity contribution < 1.29 is 9.59 Å². The molecule has 1 aromatic rings. The number of aromatic nitrogens is 2. The topological polar surface area (TPSA) is 84.0 Å². The first-order chi connectivity index (χ1) is 9.45. The zero-order valence-electron chi connectivity index (χ0n) is 11.9. The van der Waals surface area contributed by atoms with Gasteiger partial charge in [0.05, 0.1) is 17.8 Å². The Morgan fingerprint density at radius 1 is 1.35 bits per heavy atom. The monoisotopic (exact) mass is 298 g/mol. The maximum Gasteiger partial charge on any atom is 0.272 e. The zero-order chi connectivity index (χ0) is 15.1. The Balaban J connectivity index is 2.67. The number of amides is 2. The number of carbonyl (C=O) groups is 2. The van der Waals surface area contributed by atoms with Gasteiger partial charge >= 0.3 is 0 Å². The molecule has 20 heavy (non-hydrogen) atoms. The number of rotatable bonds is 6. The molecule has 2 amide bonds. The molecule has 0 atom stereocenters. The molecule has 7 heteroatoms. The molecule has 1 heterocycles. The molecule has 0 unspecified atom stereocenters. The van der Waals surface area contributed by atoms with Crippen LogP contribution in [-0.2, 0) is 4.79 Å². The van der Waals surface area contributed by atoms with E-state index in [4.69, 9.17) is 11.6 Å². The Hall–Kier alpha value is -1.69. The highest BCUT2D eigenvalue weighted by Gasteiger charge is 2.16. The van der Waals surface area contributed by atoms with E-state index >= 15 is 0 Å². The number of hydrogen-bond donors (Lipinski definition) is 2. The summed E-state index contributed by atoms with van der Waals surface area (Å²) < 4.78 is 0. The van der Waals surface area contributed by atoms with Crippen LogP contribution in [0.4, 0.5) is 0 Å². The van der Waals surface area contributed by atoms with E-state index < -0.39 is 5.91 Å². The van der Waals surface area contributed by atoms with Crippen molar-refractivity contribution in [3.63, 3.8) is 0 Å². The molecule has 0 aliphatic rings. The van der Waals surface area contributed by atoms with Gasteiger partial charge in [0.1, 0.15) is 11.5 Å². The molecular formula is C13H19ClN4O2. The third-order valence-corrected chi connectivity index (χ3v) is 2.75. The van der Waals surface area contributed by atoms with Gasteiger partial charge in [0.25, 0.3) is 5.91 Å². The fourth-order valence-electron chi connectivity index (χ4n) is 1.39. The average molecular weight is 299 g/mol. The van der Waals surface area contributed by atoms with Crippen molar-refractivity contribution in [2.75, 3.05) is 13.1 Å². The standard InChI is InChI=1S/C13H19ClN4O2/c1-4-5-15-10(19)7-17-13(20)11-9(14)6-16-12(18-11)8(2)3/h6,8H,4-5,7H2,1-3H3,(H,15,19)(H,17,20). The molecule has 1 rings (SSSR count). The van der Waals surface area contributed by atoms with Crippen LogP contribution in [0.3, 0.4) is 0 Å². The van der Waals surface area contributed by atoms with E-state index in [-0.39, 0.29) is 29.1 Å². The van der Waals surface area contributed by atoms with Gasteiger partial charge in [-0.25, -0.2) is 9.97 Å². The first kappa shape index (κ1) is 16.4. The molecule has 110 valence electrons. The van der Waals surface area contributed by atoms with E-state index in [9.17, 15) is 9.59 Å². The van der Waals surface area contributed by atoms with Crippen LogP contribution in [0, 0.1) is 0 Å². The lowest BCUT2D eigenvalue weighted by Gasteiger charge is -2.09. The van der Waals surface area contributed by atoms with E-state index in [1.54, 1.807) is 0 Å². The smallest absolute Gasteiger partial charge is 0.272 e. The van der Waals surface area contributed by atoms with E-state index in [1.807, 2.05) is 20.8 Å². The highest BCUT2D eigenvalue weighted by molar-refractivity contribution is 6.33. The summed E-state index contributed by atoms with van der Waals surface area (Å²) in [5.41, 5.74) is 0.0914. The second-order valence-electron chi connectivity index (χ2n) is 4.61. The van der Waals surface area contributed by atoms with Gasteiger partial charge in [-0.1, -0.05) is 32.4 Å². The predicted molar refractivity (Wildman–Crippen MR) is 76.8 cm³/mol. The summed E-state index contributed by atoms with van der Waals surface area (Å²) in [4.78, 5) is 31.5. The first-order valence-corrected chi connectivity index (χ1v) is 6.90. The highest BCUT2D eigenvalue weighted by atomic mass is 35.5. The van der Waals surface area contributed by atoms with Gasteiger partial charge < -0.3 is 10.6 Å². The average Bonchev–Trinajstić information content (AvgIpc) is 2.42. The van der Waals surface area contributed by atoms with Gasteiger partial charge in [0.15, 0.2) is 0 Å². The van der Waals surface area contributed by atoms with E-state index in [0.717, 1.165) is 6.42 Å². The fourth-order valence-corrected chi connectivity index (χ4v) is 1.57. The maximum atomic E-state index is 12.0. The predicted octanol–water partition coefficient (Wildman–Crippen LogP) is 1.51. The highest BCUT2D eigenvalue weighted by Crippen LogP contribution is 2.16. The summed E-state index contributed by atoms with van der Waals surface area (Å²) in [7, 11) is 0. The Morgan fingerprint density at radius 3 is 2.65 bits per heavy atom. The third-order valence-electron chi connectivity index (χ3n) is 2.48. The molecular weight excluding hydrogens is 280 g/mol. The molecule has 2 N–H and O–H groups in total.